The fraction of sp³-hybridized carbons (Fsp3) is 1.00. The fourth-order valence-electron chi connectivity index (χ4n) is 0.932. The predicted molar refractivity (Wildman–Crippen MR) is 56.7 cm³/mol. The second kappa shape index (κ2) is 5.65. The topological polar surface area (TPSA) is 109 Å². The highest BCUT2D eigenvalue weighted by atomic mass is 35.5. The molecule has 2 N–H and O–H groups in total. The maximum atomic E-state index is 10.8. The molecule has 0 aliphatic carbocycles. The summed E-state index contributed by atoms with van der Waals surface area (Å²) in [4.78, 5) is 0. The minimum Gasteiger partial charge on any atom is -0.286 e. The van der Waals surface area contributed by atoms with Gasteiger partial charge in [0.05, 0.1) is 11.1 Å². The van der Waals surface area contributed by atoms with Gasteiger partial charge in [-0.05, 0) is 6.42 Å². The lowest BCUT2D eigenvalue weighted by Crippen LogP contribution is -2.35. The summed E-state index contributed by atoms with van der Waals surface area (Å²) in [5, 5.41) is -2.97. The van der Waals surface area contributed by atoms with Gasteiger partial charge in [0.1, 0.15) is 5.25 Å². The quantitative estimate of drug-likeness (QED) is 0.542. The minimum atomic E-state index is -4.49. The van der Waals surface area contributed by atoms with Crippen LogP contribution in [0.15, 0.2) is 0 Å². The highest BCUT2D eigenvalue weighted by Crippen LogP contribution is 2.17. The van der Waals surface area contributed by atoms with Crippen LogP contribution in [0.25, 0.3) is 0 Å². The van der Waals surface area contributed by atoms with Gasteiger partial charge < -0.3 is 0 Å². The van der Waals surface area contributed by atoms with Crippen molar-refractivity contribution in [2.45, 2.75) is 17.0 Å². The first-order chi connectivity index (χ1) is 6.58. The highest BCUT2D eigenvalue weighted by Gasteiger charge is 2.33. The van der Waals surface area contributed by atoms with Crippen molar-refractivity contribution >= 4 is 43.4 Å². The molecule has 0 saturated heterocycles. The Balaban J connectivity index is 4.80. The summed E-state index contributed by atoms with van der Waals surface area (Å²) >= 11 is 10.7. The summed E-state index contributed by atoms with van der Waals surface area (Å²) in [6, 6.07) is 0. The third kappa shape index (κ3) is 6.54. The molecule has 10 heteroatoms. The molecule has 0 spiro atoms. The van der Waals surface area contributed by atoms with Crippen molar-refractivity contribution in [2.24, 2.45) is 0 Å². The van der Waals surface area contributed by atoms with Gasteiger partial charge in [-0.1, -0.05) is 0 Å². The molecular weight excluding hydrogens is 291 g/mol. The van der Waals surface area contributed by atoms with Crippen molar-refractivity contribution in [3.63, 3.8) is 0 Å². The molecule has 15 heavy (non-hydrogen) atoms. The third-order valence-corrected chi connectivity index (χ3v) is 4.67. The zero-order chi connectivity index (χ0) is 12.3. The molecular formula is C5H10Cl2O6S2. The predicted octanol–water partition coefficient (Wildman–Crippen LogP) is 0.367. The first-order valence-electron chi connectivity index (χ1n) is 3.69. The lowest BCUT2D eigenvalue weighted by molar-refractivity contribution is 0.459. The minimum absolute atomic E-state index is 0.112. The fourth-order valence-corrected chi connectivity index (χ4v) is 3.93. The van der Waals surface area contributed by atoms with Gasteiger partial charge in [-0.2, -0.15) is 16.8 Å². The van der Waals surface area contributed by atoms with Crippen LogP contribution < -0.4 is 0 Å². The van der Waals surface area contributed by atoms with E-state index < -0.39 is 36.6 Å². The number of hydrogen-bond donors (Lipinski definition) is 2. The number of rotatable bonds is 6. The zero-order valence-corrected chi connectivity index (χ0v) is 10.5. The molecule has 0 aliphatic heterocycles. The van der Waals surface area contributed by atoms with Crippen molar-refractivity contribution in [3.05, 3.63) is 0 Å². The van der Waals surface area contributed by atoms with Crippen LogP contribution in [0.1, 0.15) is 6.42 Å². The molecule has 0 amide bonds. The Hall–Kier alpha value is 0.400. The van der Waals surface area contributed by atoms with Crippen LogP contribution in [0, 0.1) is 0 Å². The third-order valence-electron chi connectivity index (χ3n) is 1.55. The van der Waals surface area contributed by atoms with Crippen molar-refractivity contribution in [3.8, 4) is 0 Å². The molecule has 0 aliphatic rings. The van der Waals surface area contributed by atoms with Crippen LogP contribution in [-0.2, 0) is 20.2 Å². The number of alkyl halides is 2. The summed E-state index contributed by atoms with van der Waals surface area (Å²) in [7, 11) is -8.89. The number of hydrogen-bond acceptors (Lipinski definition) is 4. The Morgan fingerprint density at radius 2 is 1.60 bits per heavy atom. The summed E-state index contributed by atoms with van der Waals surface area (Å²) < 4.78 is 59.6. The van der Waals surface area contributed by atoms with Crippen molar-refractivity contribution < 1.29 is 25.9 Å². The molecule has 6 nitrogen and oxygen atoms in total. The van der Waals surface area contributed by atoms with E-state index in [-0.39, 0.29) is 12.3 Å². The van der Waals surface area contributed by atoms with Crippen LogP contribution in [-0.4, -0.2) is 48.2 Å². The lowest BCUT2D eigenvalue weighted by atomic mass is 10.2. The molecule has 0 radical (unpaired) electrons. The monoisotopic (exact) mass is 300 g/mol. The van der Waals surface area contributed by atoms with E-state index in [1.165, 1.54) is 0 Å². The van der Waals surface area contributed by atoms with Crippen LogP contribution in [0.2, 0.25) is 0 Å². The van der Waals surface area contributed by atoms with E-state index in [9.17, 15) is 16.8 Å². The van der Waals surface area contributed by atoms with Gasteiger partial charge >= 0.3 is 0 Å². The van der Waals surface area contributed by atoms with Gasteiger partial charge in [-0.25, -0.2) is 0 Å². The summed E-state index contributed by atoms with van der Waals surface area (Å²) in [5.41, 5.74) is 0. The van der Waals surface area contributed by atoms with E-state index in [4.69, 9.17) is 32.3 Å². The van der Waals surface area contributed by atoms with Crippen molar-refractivity contribution in [1.29, 1.82) is 0 Å². The Kier molecular flexibility index (Phi) is 5.80. The normalized spacial score (nSPS) is 17.3. The van der Waals surface area contributed by atoms with E-state index >= 15 is 0 Å². The standard InChI is InChI=1S/C5H10Cl2O6S2/c6-2-1-5(15(11,12)13)4(7)3-14(8,9)10/h4-5H,1-3H2,(H,8,9,10)(H,11,12,13). The van der Waals surface area contributed by atoms with Gasteiger partial charge in [0.25, 0.3) is 20.2 Å². The lowest BCUT2D eigenvalue weighted by Gasteiger charge is -2.16. The van der Waals surface area contributed by atoms with E-state index in [0.717, 1.165) is 0 Å². The average molecular weight is 301 g/mol. The Bertz CT molecular complexity index is 388. The van der Waals surface area contributed by atoms with Crippen molar-refractivity contribution in [1.82, 2.24) is 0 Å². The van der Waals surface area contributed by atoms with Crippen LogP contribution in [0.3, 0.4) is 0 Å². The smallest absolute Gasteiger partial charge is 0.269 e. The van der Waals surface area contributed by atoms with E-state index in [0.29, 0.717) is 0 Å². The zero-order valence-electron chi connectivity index (χ0n) is 7.38. The summed E-state index contributed by atoms with van der Waals surface area (Å²) in [6.45, 7) is 0. The second-order valence-electron chi connectivity index (χ2n) is 2.80. The molecule has 92 valence electrons. The second-order valence-corrected chi connectivity index (χ2v) is 6.87. The molecule has 0 aromatic heterocycles. The first-order valence-corrected chi connectivity index (χ1v) is 7.77. The molecule has 0 aromatic carbocycles. The maximum Gasteiger partial charge on any atom is 0.269 e. The maximum absolute atomic E-state index is 10.8. The average Bonchev–Trinajstić information content (AvgIpc) is 1.93. The molecule has 2 unspecified atom stereocenters. The summed E-state index contributed by atoms with van der Waals surface area (Å²) in [5.74, 6) is -1.07. The van der Waals surface area contributed by atoms with Crippen molar-refractivity contribution in [2.75, 3.05) is 11.6 Å². The molecule has 0 bridgehead atoms. The molecule has 0 saturated carbocycles. The first kappa shape index (κ1) is 15.4. The molecule has 0 heterocycles. The van der Waals surface area contributed by atoms with Gasteiger partial charge in [0.2, 0.25) is 0 Å². The van der Waals surface area contributed by atoms with Crippen LogP contribution in [0.4, 0.5) is 0 Å². The SMILES string of the molecule is O=S(=O)(O)CC(Cl)C(CCCl)S(=O)(=O)O. The summed E-state index contributed by atoms with van der Waals surface area (Å²) in [6.07, 6.45) is -0.204. The Morgan fingerprint density at radius 1 is 1.13 bits per heavy atom. The highest BCUT2D eigenvalue weighted by molar-refractivity contribution is 7.87. The van der Waals surface area contributed by atoms with Gasteiger partial charge in [-0.15, -0.1) is 23.2 Å². The van der Waals surface area contributed by atoms with E-state index in [2.05, 4.69) is 0 Å². The molecule has 0 fully saturated rings. The Morgan fingerprint density at radius 3 is 1.87 bits per heavy atom. The number of halogens is 2. The Labute approximate surface area is 98.1 Å². The largest absolute Gasteiger partial charge is 0.286 e. The van der Waals surface area contributed by atoms with E-state index in [1.807, 2.05) is 0 Å². The molecule has 2 atom stereocenters. The van der Waals surface area contributed by atoms with E-state index in [1.54, 1.807) is 0 Å². The van der Waals surface area contributed by atoms with Crippen LogP contribution >= 0.6 is 23.2 Å². The molecule has 0 rings (SSSR count). The van der Waals surface area contributed by atoms with Crippen LogP contribution in [0.5, 0.6) is 0 Å². The van der Waals surface area contributed by atoms with Gasteiger partial charge in [0, 0.05) is 5.88 Å². The van der Waals surface area contributed by atoms with Gasteiger partial charge in [-0.3, -0.25) is 9.11 Å². The molecule has 0 aromatic rings. The van der Waals surface area contributed by atoms with Gasteiger partial charge in [0.15, 0.2) is 0 Å².